The Morgan fingerprint density at radius 1 is 1.18 bits per heavy atom. The van der Waals surface area contributed by atoms with Crippen molar-refractivity contribution in [3.63, 3.8) is 0 Å². The first kappa shape index (κ1) is 15.7. The van der Waals surface area contributed by atoms with Crippen molar-refractivity contribution in [2.75, 3.05) is 13.2 Å². The summed E-state index contributed by atoms with van der Waals surface area (Å²) < 4.78 is 62.3. The van der Waals surface area contributed by atoms with E-state index in [9.17, 15) is 17.6 Å². The van der Waals surface area contributed by atoms with Crippen molar-refractivity contribution < 1.29 is 27.0 Å². The van der Waals surface area contributed by atoms with E-state index < -0.39 is 17.6 Å². The molecular formula is C15H17F4NO2. The highest BCUT2D eigenvalue weighted by Crippen LogP contribution is 2.30. The molecule has 0 aromatic heterocycles. The molecule has 122 valence electrons. The molecule has 2 aliphatic heterocycles. The van der Waals surface area contributed by atoms with Crippen LogP contribution in [0.3, 0.4) is 0 Å². The third-order valence-electron chi connectivity index (χ3n) is 4.06. The van der Waals surface area contributed by atoms with Crippen LogP contribution in [-0.2, 0) is 22.3 Å². The molecule has 3 atom stereocenters. The minimum absolute atomic E-state index is 0.0189. The summed E-state index contributed by atoms with van der Waals surface area (Å²) in [4.78, 5) is 0. The number of benzene rings is 1. The molecule has 0 radical (unpaired) electrons. The number of piperidine rings is 1. The Morgan fingerprint density at radius 2 is 1.86 bits per heavy atom. The second kappa shape index (κ2) is 6.14. The average Bonchev–Trinajstić information content (AvgIpc) is 2.44. The van der Waals surface area contributed by atoms with Gasteiger partial charge >= 0.3 is 6.18 Å². The number of morpholine rings is 1. The highest BCUT2D eigenvalue weighted by Gasteiger charge is 2.33. The lowest BCUT2D eigenvalue weighted by atomic mass is 9.95. The van der Waals surface area contributed by atoms with E-state index in [4.69, 9.17) is 9.47 Å². The van der Waals surface area contributed by atoms with E-state index in [1.54, 1.807) is 0 Å². The van der Waals surface area contributed by atoms with Crippen molar-refractivity contribution >= 4 is 0 Å². The Bertz CT molecular complexity index is 523. The van der Waals surface area contributed by atoms with Crippen LogP contribution < -0.4 is 5.32 Å². The van der Waals surface area contributed by atoms with Crippen LogP contribution in [0.25, 0.3) is 0 Å². The van der Waals surface area contributed by atoms with E-state index >= 15 is 0 Å². The summed E-state index contributed by atoms with van der Waals surface area (Å²) in [5.41, 5.74) is -0.838. The van der Waals surface area contributed by atoms with Gasteiger partial charge < -0.3 is 14.8 Å². The molecule has 2 fully saturated rings. The molecule has 0 amide bonds. The van der Waals surface area contributed by atoms with Gasteiger partial charge in [-0.25, -0.2) is 4.39 Å². The monoisotopic (exact) mass is 319 g/mol. The number of nitrogens with one attached hydrogen (secondary N) is 1. The molecule has 3 nitrogen and oxygen atoms in total. The molecule has 2 saturated heterocycles. The van der Waals surface area contributed by atoms with Gasteiger partial charge in [-0.2, -0.15) is 13.2 Å². The van der Waals surface area contributed by atoms with Gasteiger partial charge in [0.15, 0.2) is 0 Å². The standard InChI is InChI=1S/C15H17F4NO2/c16-14-3-10(15(17,18)19)2-1-9(14)6-22-13-4-11-7-21-8-12(5-13)20-11/h1-3,11-13,20H,4-8H2/t11-,12+,13?. The first-order valence-electron chi connectivity index (χ1n) is 7.23. The van der Waals surface area contributed by atoms with Gasteiger partial charge in [-0.05, 0) is 25.0 Å². The molecule has 1 aromatic rings. The largest absolute Gasteiger partial charge is 0.416 e. The Balaban J connectivity index is 1.59. The van der Waals surface area contributed by atoms with Crippen LogP contribution in [0, 0.1) is 5.82 Å². The molecule has 2 bridgehead atoms. The van der Waals surface area contributed by atoms with Crippen LogP contribution in [-0.4, -0.2) is 31.4 Å². The quantitative estimate of drug-likeness (QED) is 0.869. The SMILES string of the molecule is Fc1cc(C(F)(F)F)ccc1COC1C[C@H]2COC[C@@H](C1)N2. The number of halogens is 4. The number of hydrogen-bond acceptors (Lipinski definition) is 3. The first-order chi connectivity index (χ1) is 10.4. The summed E-state index contributed by atoms with van der Waals surface area (Å²) in [5.74, 6) is -0.882. The van der Waals surface area contributed by atoms with E-state index in [0.29, 0.717) is 19.3 Å². The normalized spacial score (nSPS) is 28.6. The molecule has 0 spiro atoms. The molecule has 3 rings (SSSR count). The predicted octanol–water partition coefficient (Wildman–Crippen LogP) is 2.88. The van der Waals surface area contributed by atoms with E-state index in [2.05, 4.69) is 5.32 Å². The molecule has 2 heterocycles. The summed E-state index contributed by atoms with van der Waals surface area (Å²) in [6, 6.07) is 3.00. The average molecular weight is 319 g/mol. The van der Waals surface area contributed by atoms with Gasteiger partial charge in [0.2, 0.25) is 0 Å². The second-order valence-electron chi connectivity index (χ2n) is 5.81. The van der Waals surface area contributed by atoms with Crippen molar-refractivity contribution in [2.24, 2.45) is 0 Å². The number of fused-ring (bicyclic) bond motifs is 2. The predicted molar refractivity (Wildman–Crippen MR) is 70.7 cm³/mol. The fourth-order valence-corrected chi connectivity index (χ4v) is 2.97. The molecular weight excluding hydrogens is 302 g/mol. The molecule has 1 aromatic carbocycles. The fourth-order valence-electron chi connectivity index (χ4n) is 2.97. The van der Waals surface area contributed by atoms with E-state index in [0.717, 1.165) is 25.0 Å². The summed E-state index contributed by atoms with van der Waals surface area (Å²) in [5, 5.41) is 3.41. The van der Waals surface area contributed by atoms with E-state index in [1.165, 1.54) is 0 Å². The Labute approximate surface area is 125 Å². The first-order valence-corrected chi connectivity index (χ1v) is 7.23. The zero-order chi connectivity index (χ0) is 15.7. The third-order valence-corrected chi connectivity index (χ3v) is 4.06. The van der Waals surface area contributed by atoms with Crippen molar-refractivity contribution in [3.05, 3.63) is 35.1 Å². The maximum absolute atomic E-state index is 13.8. The minimum Gasteiger partial charge on any atom is -0.378 e. The molecule has 7 heteroatoms. The number of ether oxygens (including phenoxy) is 2. The zero-order valence-corrected chi connectivity index (χ0v) is 11.8. The summed E-state index contributed by atoms with van der Waals surface area (Å²) in [6.07, 6.45) is -3.04. The molecule has 1 unspecified atom stereocenters. The second-order valence-corrected chi connectivity index (χ2v) is 5.81. The smallest absolute Gasteiger partial charge is 0.378 e. The molecule has 0 aliphatic carbocycles. The van der Waals surface area contributed by atoms with Crippen LogP contribution in [0.2, 0.25) is 0 Å². The van der Waals surface area contributed by atoms with Gasteiger partial charge in [-0.3, -0.25) is 0 Å². The molecule has 0 saturated carbocycles. The van der Waals surface area contributed by atoms with Crippen LogP contribution in [0.5, 0.6) is 0 Å². The molecule has 1 N–H and O–H groups in total. The highest BCUT2D eigenvalue weighted by atomic mass is 19.4. The lowest BCUT2D eigenvalue weighted by Crippen LogP contribution is -2.55. The molecule has 2 aliphatic rings. The van der Waals surface area contributed by atoms with Gasteiger partial charge in [0.25, 0.3) is 0 Å². The van der Waals surface area contributed by atoms with Gasteiger partial charge in [0.1, 0.15) is 5.82 Å². The third kappa shape index (κ3) is 3.59. The number of alkyl halides is 3. The van der Waals surface area contributed by atoms with E-state index in [-0.39, 0.29) is 30.4 Å². The zero-order valence-electron chi connectivity index (χ0n) is 11.8. The maximum atomic E-state index is 13.8. The summed E-state index contributed by atoms with van der Waals surface area (Å²) in [6.45, 7) is 1.24. The topological polar surface area (TPSA) is 30.5 Å². The fraction of sp³-hybridized carbons (Fsp3) is 0.600. The van der Waals surface area contributed by atoms with Crippen LogP contribution >= 0.6 is 0 Å². The van der Waals surface area contributed by atoms with Crippen molar-refractivity contribution in [1.82, 2.24) is 5.32 Å². The summed E-state index contributed by atoms with van der Waals surface area (Å²) >= 11 is 0. The van der Waals surface area contributed by atoms with Gasteiger partial charge in [-0.1, -0.05) is 6.07 Å². The Kier molecular flexibility index (Phi) is 4.38. The van der Waals surface area contributed by atoms with Crippen LogP contribution in [0.4, 0.5) is 17.6 Å². The van der Waals surface area contributed by atoms with Gasteiger partial charge in [-0.15, -0.1) is 0 Å². The van der Waals surface area contributed by atoms with Crippen LogP contribution in [0.15, 0.2) is 18.2 Å². The minimum atomic E-state index is -4.54. The lowest BCUT2D eigenvalue weighted by molar-refractivity contribution is -0.137. The highest BCUT2D eigenvalue weighted by molar-refractivity contribution is 5.26. The van der Waals surface area contributed by atoms with Crippen molar-refractivity contribution in [3.8, 4) is 0 Å². The number of rotatable bonds is 3. The van der Waals surface area contributed by atoms with Crippen LogP contribution in [0.1, 0.15) is 24.0 Å². The Morgan fingerprint density at radius 3 is 2.45 bits per heavy atom. The Hall–Kier alpha value is -1.18. The van der Waals surface area contributed by atoms with E-state index in [1.807, 2.05) is 0 Å². The van der Waals surface area contributed by atoms with Crippen molar-refractivity contribution in [1.29, 1.82) is 0 Å². The number of hydrogen-bond donors (Lipinski definition) is 1. The lowest BCUT2D eigenvalue weighted by Gasteiger charge is -2.39. The van der Waals surface area contributed by atoms with Gasteiger partial charge in [0.05, 0.1) is 31.5 Å². The summed E-state index contributed by atoms with van der Waals surface area (Å²) in [7, 11) is 0. The maximum Gasteiger partial charge on any atom is 0.416 e. The van der Waals surface area contributed by atoms with Gasteiger partial charge in [0, 0.05) is 17.6 Å². The molecule has 22 heavy (non-hydrogen) atoms. The van der Waals surface area contributed by atoms with Crippen molar-refractivity contribution in [2.45, 2.75) is 43.8 Å².